The van der Waals surface area contributed by atoms with Crippen molar-refractivity contribution in [2.75, 3.05) is 5.32 Å². The van der Waals surface area contributed by atoms with Crippen molar-refractivity contribution >= 4 is 21.6 Å². The van der Waals surface area contributed by atoms with Gasteiger partial charge in [0.25, 0.3) is 15.7 Å². The van der Waals surface area contributed by atoms with Crippen LogP contribution in [-0.4, -0.2) is 29.8 Å². The van der Waals surface area contributed by atoms with Crippen molar-refractivity contribution in [3.63, 3.8) is 0 Å². The van der Waals surface area contributed by atoms with Crippen molar-refractivity contribution in [1.29, 1.82) is 0 Å². The van der Waals surface area contributed by atoms with Gasteiger partial charge in [0.2, 0.25) is 0 Å². The highest BCUT2D eigenvalue weighted by Crippen LogP contribution is 2.30. The zero-order chi connectivity index (χ0) is 19.7. The molecule has 2 rings (SSSR count). The average Bonchev–Trinajstić information content (AvgIpc) is 2.53. The third-order valence-corrected chi connectivity index (χ3v) is 4.86. The number of hydrogen-bond acceptors (Lipinski definition) is 5. The number of carbonyl (C=O) groups excluding carboxylic acids is 1. The highest BCUT2D eigenvalue weighted by molar-refractivity contribution is 7.92. The maximum atomic E-state index is 12.5. The summed E-state index contributed by atoms with van der Waals surface area (Å²) >= 11 is 0. The number of carbonyl (C=O) groups is 1. The van der Waals surface area contributed by atoms with Gasteiger partial charge < -0.3 is 5.32 Å². The van der Waals surface area contributed by atoms with Gasteiger partial charge in [0.15, 0.2) is 0 Å². The molecule has 0 saturated heterocycles. The van der Waals surface area contributed by atoms with Crippen LogP contribution in [0.5, 0.6) is 0 Å². The van der Waals surface area contributed by atoms with Crippen LogP contribution in [0.1, 0.15) is 41.6 Å². The van der Waals surface area contributed by atoms with Crippen LogP contribution in [0.15, 0.2) is 35.2 Å². The molecule has 6 nitrogen and oxygen atoms in total. The third-order valence-electron chi connectivity index (χ3n) is 3.36. The Hall–Kier alpha value is -2.49. The molecular weight excluding hydrogens is 371 g/mol. The third kappa shape index (κ3) is 4.18. The van der Waals surface area contributed by atoms with Crippen LogP contribution in [0.2, 0.25) is 0 Å². The summed E-state index contributed by atoms with van der Waals surface area (Å²) in [6.45, 7) is 5.51. The van der Waals surface area contributed by atoms with Crippen molar-refractivity contribution in [3.8, 4) is 0 Å². The number of anilines is 1. The van der Waals surface area contributed by atoms with Crippen molar-refractivity contribution in [2.24, 2.45) is 0 Å². The molecule has 2 aromatic rings. The van der Waals surface area contributed by atoms with Crippen molar-refractivity contribution in [2.45, 2.75) is 37.1 Å². The fraction of sp³-hybridized carbons (Fsp3) is 0.312. The van der Waals surface area contributed by atoms with E-state index >= 15 is 0 Å². The summed E-state index contributed by atoms with van der Waals surface area (Å²) in [6, 6.07) is 5.04. The Kier molecular flexibility index (Phi) is 5.36. The molecule has 0 aliphatic heterocycles. The number of benzene rings is 1. The van der Waals surface area contributed by atoms with Crippen LogP contribution in [0.4, 0.5) is 19.0 Å². The van der Waals surface area contributed by atoms with E-state index in [2.05, 4.69) is 15.3 Å². The van der Waals surface area contributed by atoms with E-state index in [1.807, 2.05) is 13.8 Å². The number of nitrogens with one attached hydrogen (secondary N) is 1. The number of aryl methyl sites for hydroxylation is 1. The summed E-state index contributed by atoms with van der Waals surface area (Å²) in [4.78, 5) is 19.7. The largest absolute Gasteiger partial charge is 0.501 e. The second-order valence-corrected chi connectivity index (χ2v) is 7.78. The molecule has 1 N–H and O–H groups in total. The Bertz CT molecular complexity index is 924. The highest BCUT2D eigenvalue weighted by Gasteiger charge is 2.46. The first kappa shape index (κ1) is 19.8. The normalized spacial score (nSPS) is 12.3. The molecule has 10 heteroatoms. The lowest BCUT2D eigenvalue weighted by atomic mass is 10.2. The Morgan fingerprint density at radius 2 is 1.69 bits per heavy atom. The van der Waals surface area contributed by atoms with E-state index in [1.165, 1.54) is 0 Å². The van der Waals surface area contributed by atoms with E-state index in [1.54, 1.807) is 13.0 Å². The van der Waals surface area contributed by atoms with E-state index in [0.717, 1.165) is 24.3 Å². The van der Waals surface area contributed by atoms with Gasteiger partial charge in [-0.15, -0.1) is 0 Å². The Balaban J connectivity index is 2.24. The average molecular weight is 387 g/mol. The van der Waals surface area contributed by atoms with Gasteiger partial charge >= 0.3 is 5.51 Å². The van der Waals surface area contributed by atoms with Gasteiger partial charge in [0, 0.05) is 23.2 Å². The molecule has 0 saturated carbocycles. The SMILES string of the molecule is Cc1cc(NC(=O)c2ccc(S(=O)(=O)C(F)(F)F)cc2)nc(C(C)C)n1. The topological polar surface area (TPSA) is 89.0 Å². The van der Waals surface area contributed by atoms with Crippen LogP contribution in [0.3, 0.4) is 0 Å². The van der Waals surface area contributed by atoms with Crippen molar-refractivity contribution in [3.05, 3.63) is 47.4 Å². The Morgan fingerprint density at radius 1 is 1.12 bits per heavy atom. The molecule has 0 fully saturated rings. The molecule has 0 bridgehead atoms. The summed E-state index contributed by atoms with van der Waals surface area (Å²) in [5, 5.41) is 2.52. The number of amides is 1. The number of alkyl halides is 3. The number of rotatable bonds is 4. The van der Waals surface area contributed by atoms with Crippen LogP contribution in [0.25, 0.3) is 0 Å². The summed E-state index contributed by atoms with van der Waals surface area (Å²) in [6.07, 6.45) is 0. The van der Waals surface area contributed by atoms with Gasteiger partial charge in [-0.3, -0.25) is 4.79 Å². The lowest BCUT2D eigenvalue weighted by Crippen LogP contribution is -2.23. The zero-order valence-electron chi connectivity index (χ0n) is 14.1. The molecule has 0 atom stereocenters. The van der Waals surface area contributed by atoms with Crippen molar-refractivity contribution in [1.82, 2.24) is 9.97 Å². The fourth-order valence-corrected chi connectivity index (χ4v) is 2.78. The fourth-order valence-electron chi connectivity index (χ4n) is 2.02. The molecule has 26 heavy (non-hydrogen) atoms. The van der Waals surface area contributed by atoms with E-state index in [4.69, 9.17) is 0 Å². The van der Waals surface area contributed by atoms with E-state index in [-0.39, 0.29) is 17.3 Å². The zero-order valence-corrected chi connectivity index (χ0v) is 14.9. The first-order valence-electron chi connectivity index (χ1n) is 7.50. The number of aromatic nitrogens is 2. The molecule has 0 aliphatic rings. The minimum atomic E-state index is -5.45. The molecule has 1 amide bonds. The molecule has 0 aliphatic carbocycles. The lowest BCUT2D eigenvalue weighted by Gasteiger charge is -2.10. The molecule has 0 radical (unpaired) electrons. The molecule has 1 aromatic carbocycles. The predicted octanol–water partition coefficient (Wildman–Crippen LogP) is 3.45. The summed E-state index contributed by atoms with van der Waals surface area (Å²) in [7, 11) is -5.45. The molecule has 0 unspecified atom stereocenters. The first-order valence-corrected chi connectivity index (χ1v) is 8.98. The minimum absolute atomic E-state index is 0.00603. The Morgan fingerprint density at radius 3 is 2.19 bits per heavy atom. The van der Waals surface area contributed by atoms with Crippen LogP contribution >= 0.6 is 0 Å². The van der Waals surface area contributed by atoms with E-state index in [0.29, 0.717) is 11.5 Å². The van der Waals surface area contributed by atoms with Gasteiger partial charge in [-0.2, -0.15) is 13.2 Å². The van der Waals surface area contributed by atoms with Crippen LogP contribution < -0.4 is 5.32 Å². The summed E-state index contributed by atoms with van der Waals surface area (Å²) in [5.41, 5.74) is -4.76. The number of halogens is 3. The second kappa shape index (κ2) is 7.02. The summed E-state index contributed by atoms with van der Waals surface area (Å²) < 4.78 is 60.2. The maximum Gasteiger partial charge on any atom is 0.501 e. The molecule has 1 aromatic heterocycles. The smallest absolute Gasteiger partial charge is 0.306 e. The van der Waals surface area contributed by atoms with Gasteiger partial charge in [0.1, 0.15) is 11.6 Å². The summed E-state index contributed by atoms with van der Waals surface area (Å²) in [5.74, 6) is 0.191. The minimum Gasteiger partial charge on any atom is -0.306 e. The number of hydrogen-bond donors (Lipinski definition) is 1. The van der Waals surface area contributed by atoms with E-state index < -0.39 is 26.1 Å². The number of nitrogens with zero attached hydrogens (tertiary/aromatic N) is 2. The molecular formula is C16H16F3N3O3S. The number of sulfone groups is 1. The van der Waals surface area contributed by atoms with Crippen LogP contribution in [0, 0.1) is 6.92 Å². The monoisotopic (exact) mass is 387 g/mol. The highest BCUT2D eigenvalue weighted by atomic mass is 32.2. The molecule has 1 heterocycles. The standard InChI is InChI=1S/C16H16F3N3O3S/c1-9(2)14-20-10(3)8-13(21-14)22-15(23)11-4-6-12(7-5-11)26(24,25)16(17,18)19/h4-9H,1-3H3,(H,20,21,22,23). The molecule has 0 spiro atoms. The van der Waals surface area contributed by atoms with Gasteiger partial charge in [-0.05, 0) is 31.2 Å². The van der Waals surface area contributed by atoms with E-state index in [9.17, 15) is 26.4 Å². The second-order valence-electron chi connectivity index (χ2n) is 5.84. The quantitative estimate of drug-likeness (QED) is 0.868. The van der Waals surface area contributed by atoms with Crippen LogP contribution in [-0.2, 0) is 9.84 Å². The molecule has 140 valence electrons. The predicted molar refractivity (Wildman–Crippen MR) is 88.5 cm³/mol. The first-order chi connectivity index (χ1) is 11.9. The van der Waals surface area contributed by atoms with Crippen molar-refractivity contribution < 1.29 is 26.4 Å². The van der Waals surface area contributed by atoms with Gasteiger partial charge in [-0.25, -0.2) is 18.4 Å². The maximum absolute atomic E-state index is 12.5. The van der Waals surface area contributed by atoms with Gasteiger partial charge in [0.05, 0.1) is 4.90 Å². The Labute approximate surface area is 148 Å². The lowest BCUT2D eigenvalue weighted by molar-refractivity contribution is -0.0436. The van der Waals surface area contributed by atoms with Gasteiger partial charge in [-0.1, -0.05) is 13.8 Å².